The van der Waals surface area contributed by atoms with E-state index in [4.69, 9.17) is 0 Å². The Kier molecular flexibility index (Phi) is 5.69. The van der Waals surface area contributed by atoms with E-state index in [1.807, 2.05) is 66.4 Å². The van der Waals surface area contributed by atoms with E-state index in [0.717, 1.165) is 16.8 Å². The summed E-state index contributed by atoms with van der Waals surface area (Å²) in [7, 11) is 0. The molecule has 3 heterocycles. The zero-order valence-electron chi connectivity index (χ0n) is 22.6. The van der Waals surface area contributed by atoms with Gasteiger partial charge in [0.1, 0.15) is 11.5 Å². The third-order valence-electron chi connectivity index (χ3n) is 8.83. The number of benzene rings is 4. The first-order valence-electron chi connectivity index (χ1n) is 13.7. The van der Waals surface area contributed by atoms with Gasteiger partial charge < -0.3 is 10.2 Å². The van der Waals surface area contributed by atoms with Gasteiger partial charge in [0.2, 0.25) is 5.91 Å². The minimum Gasteiger partial charge on any atom is -0.352 e. The van der Waals surface area contributed by atoms with Gasteiger partial charge in [0.25, 0.3) is 5.69 Å². The lowest BCUT2D eigenvalue weighted by Gasteiger charge is -2.39. The molecular weight excluding hydrogens is 530 g/mol. The van der Waals surface area contributed by atoms with Crippen molar-refractivity contribution in [2.24, 2.45) is 5.92 Å². The number of anilines is 2. The zero-order chi connectivity index (χ0) is 29.2. The van der Waals surface area contributed by atoms with Crippen LogP contribution in [0.1, 0.15) is 38.8 Å². The molecule has 0 aromatic heterocycles. The smallest absolute Gasteiger partial charge is 0.270 e. The van der Waals surface area contributed by atoms with Crippen LogP contribution in [-0.2, 0) is 10.2 Å². The van der Waals surface area contributed by atoms with Crippen molar-refractivity contribution >= 4 is 40.1 Å². The molecule has 0 saturated carbocycles. The van der Waals surface area contributed by atoms with E-state index in [-0.39, 0.29) is 22.9 Å². The molecule has 206 valence electrons. The number of amides is 1. The minimum absolute atomic E-state index is 0.0745. The van der Waals surface area contributed by atoms with E-state index in [1.54, 1.807) is 30.3 Å². The lowest BCUT2D eigenvalue weighted by atomic mass is 9.64. The van der Waals surface area contributed by atoms with E-state index in [2.05, 4.69) is 5.32 Å². The average molecular weight is 556 g/mol. The average Bonchev–Trinajstić information content (AvgIpc) is 3.49. The highest BCUT2D eigenvalue weighted by atomic mass is 16.6. The second kappa shape index (κ2) is 9.34. The highest BCUT2D eigenvalue weighted by Gasteiger charge is 2.70. The van der Waals surface area contributed by atoms with Gasteiger partial charge in [-0.2, -0.15) is 0 Å². The highest BCUT2D eigenvalue weighted by Crippen LogP contribution is 2.58. The van der Waals surface area contributed by atoms with Crippen LogP contribution >= 0.6 is 0 Å². The van der Waals surface area contributed by atoms with Crippen LogP contribution in [-0.4, -0.2) is 34.5 Å². The van der Waals surface area contributed by atoms with Crippen LogP contribution in [0.4, 0.5) is 17.1 Å². The lowest BCUT2D eigenvalue weighted by molar-refractivity contribution is -0.384. The van der Waals surface area contributed by atoms with Crippen molar-refractivity contribution in [3.63, 3.8) is 0 Å². The van der Waals surface area contributed by atoms with E-state index < -0.39 is 34.1 Å². The molecule has 0 aliphatic carbocycles. The third kappa shape index (κ3) is 3.44. The Morgan fingerprint density at radius 3 is 2.33 bits per heavy atom. The van der Waals surface area contributed by atoms with Crippen LogP contribution in [0.5, 0.6) is 0 Å². The number of fused-ring (bicyclic) bond motifs is 6. The van der Waals surface area contributed by atoms with Crippen molar-refractivity contribution < 1.29 is 19.3 Å². The number of nitrogens with one attached hydrogen (secondary N) is 1. The number of nitrogens with zero attached hydrogens (tertiary/aromatic N) is 2. The van der Waals surface area contributed by atoms with E-state index in [0.29, 0.717) is 16.8 Å². The molecule has 0 radical (unpaired) electrons. The SMILES string of the molecule is CC1=C[C@@H]2N(c3ccccc31)[C@H](C(=O)c1ccccc1)[C@H](C(=O)c1cccc([N+](=O)[O-])c1)[C@]21C(=O)Nc2ccccc21. The summed E-state index contributed by atoms with van der Waals surface area (Å²) >= 11 is 0. The standard InChI is InChI=1S/C34H25N3O5/c1-20-18-28-34(25-15-6-7-16-26(25)35-33(34)40)29(31(38)22-12-9-13-23(19-22)37(41)42)30(32(39)21-10-3-2-4-11-21)36(28)27-17-8-5-14-24(20)27/h2-19,28-30H,1H3,(H,35,40)/t28-,29+,30-,34+/m0/s1. The third-order valence-corrected chi connectivity index (χ3v) is 8.83. The molecule has 7 rings (SSSR count). The van der Waals surface area contributed by atoms with E-state index in [1.165, 1.54) is 24.3 Å². The van der Waals surface area contributed by atoms with Gasteiger partial charge >= 0.3 is 0 Å². The molecule has 3 aliphatic rings. The van der Waals surface area contributed by atoms with Gasteiger partial charge in [-0.25, -0.2) is 0 Å². The molecule has 0 bridgehead atoms. The van der Waals surface area contributed by atoms with Gasteiger partial charge in [0, 0.05) is 40.2 Å². The second-order valence-corrected chi connectivity index (χ2v) is 10.9. The number of para-hydroxylation sites is 2. The molecule has 8 heteroatoms. The number of nitro groups is 1. The number of nitro benzene ring substituents is 1. The van der Waals surface area contributed by atoms with Gasteiger partial charge in [-0.05, 0) is 30.2 Å². The molecule has 4 aromatic carbocycles. The van der Waals surface area contributed by atoms with Crippen molar-refractivity contribution in [2.75, 3.05) is 10.2 Å². The zero-order valence-corrected chi connectivity index (χ0v) is 22.6. The summed E-state index contributed by atoms with van der Waals surface area (Å²) in [6.07, 6.45) is 1.98. The maximum Gasteiger partial charge on any atom is 0.270 e. The fraction of sp³-hybridized carbons (Fsp3) is 0.147. The predicted octanol–water partition coefficient (Wildman–Crippen LogP) is 5.84. The van der Waals surface area contributed by atoms with Crippen molar-refractivity contribution in [3.05, 3.63) is 142 Å². The maximum absolute atomic E-state index is 14.8. The van der Waals surface area contributed by atoms with Gasteiger partial charge in [-0.3, -0.25) is 24.5 Å². The fourth-order valence-electron chi connectivity index (χ4n) is 7.11. The highest BCUT2D eigenvalue weighted by molar-refractivity contribution is 6.18. The number of allylic oxidation sites excluding steroid dienone is 1. The first-order valence-corrected chi connectivity index (χ1v) is 13.7. The molecule has 4 aromatic rings. The molecule has 8 nitrogen and oxygen atoms in total. The van der Waals surface area contributed by atoms with Crippen LogP contribution in [0.15, 0.2) is 109 Å². The number of carbonyl (C=O) groups is 3. The van der Waals surface area contributed by atoms with Crippen LogP contribution < -0.4 is 10.2 Å². The van der Waals surface area contributed by atoms with Crippen LogP contribution in [0, 0.1) is 16.0 Å². The number of hydrogen-bond donors (Lipinski definition) is 1. The Hall–Kier alpha value is -5.37. The summed E-state index contributed by atoms with van der Waals surface area (Å²) in [6, 6.07) is 27.4. The van der Waals surface area contributed by atoms with Gasteiger partial charge in [-0.15, -0.1) is 0 Å². The normalized spacial score (nSPS) is 23.5. The summed E-state index contributed by atoms with van der Waals surface area (Å²) in [5.74, 6) is -2.38. The molecular formula is C34H25N3O5. The van der Waals surface area contributed by atoms with Crippen LogP contribution in [0.3, 0.4) is 0 Å². The van der Waals surface area contributed by atoms with Crippen molar-refractivity contribution in [1.29, 1.82) is 0 Å². The first-order chi connectivity index (χ1) is 20.3. The number of non-ortho nitro benzene ring substituents is 1. The molecule has 0 unspecified atom stereocenters. The predicted molar refractivity (Wildman–Crippen MR) is 159 cm³/mol. The Morgan fingerprint density at radius 1 is 0.857 bits per heavy atom. The summed E-state index contributed by atoms with van der Waals surface area (Å²) in [5, 5.41) is 14.7. The molecule has 1 fully saturated rings. The van der Waals surface area contributed by atoms with Crippen molar-refractivity contribution in [3.8, 4) is 0 Å². The number of ketones is 2. The molecule has 4 atom stereocenters. The minimum atomic E-state index is -1.48. The van der Waals surface area contributed by atoms with Crippen LogP contribution in [0.25, 0.3) is 5.57 Å². The van der Waals surface area contributed by atoms with Crippen molar-refractivity contribution in [1.82, 2.24) is 0 Å². The Balaban J connectivity index is 1.55. The van der Waals surface area contributed by atoms with Gasteiger partial charge in [-0.1, -0.05) is 84.9 Å². The Morgan fingerprint density at radius 2 is 1.55 bits per heavy atom. The molecule has 1 N–H and O–H groups in total. The Bertz CT molecular complexity index is 1850. The number of hydrogen-bond acceptors (Lipinski definition) is 6. The first kappa shape index (κ1) is 25.6. The van der Waals surface area contributed by atoms with Gasteiger partial charge in [0.15, 0.2) is 11.6 Å². The summed E-state index contributed by atoms with van der Waals surface area (Å²) in [4.78, 5) is 56.9. The monoisotopic (exact) mass is 555 g/mol. The second-order valence-electron chi connectivity index (χ2n) is 10.9. The Labute approximate surface area is 241 Å². The quantitative estimate of drug-likeness (QED) is 0.188. The fourth-order valence-corrected chi connectivity index (χ4v) is 7.11. The largest absolute Gasteiger partial charge is 0.352 e. The summed E-state index contributed by atoms with van der Waals surface area (Å²) in [6.45, 7) is 1.96. The molecule has 1 saturated heterocycles. The lowest BCUT2D eigenvalue weighted by Crippen LogP contribution is -2.51. The van der Waals surface area contributed by atoms with Gasteiger partial charge in [0.05, 0.1) is 16.9 Å². The van der Waals surface area contributed by atoms with Crippen LogP contribution in [0.2, 0.25) is 0 Å². The number of rotatable bonds is 5. The number of carbonyl (C=O) groups excluding carboxylic acids is 3. The summed E-state index contributed by atoms with van der Waals surface area (Å²) < 4.78 is 0. The molecule has 42 heavy (non-hydrogen) atoms. The molecule has 1 spiro atoms. The maximum atomic E-state index is 14.8. The summed E-state index contributed by atoms with van der Waals surface area (Å²) in [5.41, 5.74) is 2.55. The van der Waals surface area contributed by atoms with Crippen molar-refractivity contribution in [2.45, 2.75) is 24.4 Å². The topological polar surface area (TPSA) is 110 Å². The number of Topliss-reactive ketones (excluding diaryl/α,β-unsaturated/α-hetero) is 2. The molecule has 3 aliphatic heterocycles. The van der Waals surface area contributed by atoms with E-state index in [9.17, 15) is 24.5 Å². The molecule has 1 amide bonds. The van der Waals surface area contributed by atoms with E-state index >= 15 is 0 Å².